The van der Waals surface area contributed by atoms with Crippen molar-refractivity contribution in [1.82, 2.24) is 4.90 Å². The topological polar surface area (TPSA) is 43.7 Å². The molecule has 0 aromatic heterocycles. The van der Waals surface area contributed by atoms with Crippen molar-refractivity contribution >= 4 is 0 Å². The van der Waals surface area contributed by atoms with Crippen molar-refractivity contribution in [3.05, 3.63) is 11.6 Å². The quantitative estimate of drug-likeness (QED) is 0.652. The van der Waals surface area contributed by atoms with Crippen LogP contribution < -0.4 is 0 Å². The Kier molecular flexibility index (Phi) is 2.64. The van der Waals surface area contributed by atoms with E-state index >= 15 is 0 Å². The lowest BCUT2D eigenvalue weighted by Crippen LogP contribution is -2.70. The molecule has 0 radical (unpaired) electrons. The molecular weight excluding hydrogens is 238 g/mol. The van der Waals surface area contributed by atoms with Crippen molar-refractivity contribution in [2.24, 2.45) is 17.8 Å². The molecule has 1 spiro atoms. The molecule has 0 aromatic carbocycles. The van der Waals surface area contributed by atoms with Gasteiger partial charge in [0.05, 0.1) is 12.2 Å². The molecule has 3 heteroatoms. The van der Waals surface area contributed by atoms with Gasteiger partial charge in [-0.05, 0) is 50.1 Å². The number of piperidine rings is 1. The molecule has 2 aliphatic carbocycles. The molecule has 2 heterocycles. The SMILES string of the molecule is CC1CC23C4=CCCN2CCCC3C(O)CC4C1O. The van der Waals surface area contributed by atoms with Crippen LogP contribution in [0.4, 0.5) is 0 Å². The van der Waals surface area contributed by atoms with Gasteiger partial charge >= 0.3 is 0 Å². The van der Waals surface area contributed by atoms with Crippen LogP contribution in [-0.2, 0) is 0 Å². The average molecular weight is 263 g/mol. The van der Waals surface area contributed by atoms with Crippen LogP contribution in [0.2, 0.25) is 0 Å². The van der Waals surface area contributed by atoms with Gasteiger partial charge in [0.1, 0.15) is 0 Å². The third-order valence-corrected chi connectivity index (χ3v) is 6.37. The molecule has 3 fully saturated rings. The number of nitrogens with zero attached hydrogens (tertiary/aromatic N) is 1. The average Bonchev–Trinajstić information content (AvgIpc) is 2.40. The highest BCUT2D eigenvalue weighted by Gasteiger charge is 2.61. The summed E-state index contributed by atoms with van der Waals surface area (Å²) in [5, 5.41) is 21.1. The summed E-state index contributed by atoms with van der Waals surface area (Å²) < 4.78 is 0. The van der Waals surface area contributed by atoms with Crippen LogP contribution in [0.1, 0.15) is 39.0 Å². The molecule has 6 unspecified atom stereocenters. The molecular formula is C16H25NO2. The minimum atomic E-state index is -0.255. The zero-order valence-corrected chi connectivity index (χ0v) is 11.8. The summed E-state index contributed by atoms with van der Waals surface area (Å²) in [7, 11) is 0. The Morgan fingerprint density at radius 1 is 1.32 bits per heavy atom. The first kappa shape index (κ1) is 12.4. The van der Waals surface area contributed by atoms with E-state index < -0.39 is 0 Å². The molecule has 2 N–H and O–H groups in total. The Morgan fingerprint density at radius 3 is 3.00 bits per heavy atom. The van der Waals surface area contributed by atoms with Crippen LogP contribution in [0.15, 0.2) is 11.6 Å². The van der Waals surface area contributed by atoms with Crippen LogP contribution in [0.5, 0.6) is 0 Å². The molecule has 6 atom stereocenters. The number of aliphatic hydroxyl groups excluding tert-OH is 2. The minimum Gasteiger partial charge on any atom is -0.393 e. The monoisotopic (exact) mass is 263 g/mol. The van der Waals surface area contributed by atoms with Gasteiger partial charge in [-0.15, -0.1) is 0 Å². The van der Waals surface area contributed by atoms with E-state index in [1.165, 1.54) is 18.5 Å². The molecule has 3 nitrogen and oxygen atoms in total. The number of rotatable bonds is 0. The smallest absolute Gasteiger partial charge is 0.0633 e. The first-order valence-electron chi connectivity index (χ1n) is 7.96. The summed E-state index contributed by atoms with van der Waals surface area (Å²) in [6.45, 7) is 4.51. The summed E-state index contributed by atoms with van der Waals surface area (Å²) in [4.78, 5) is 2.65. The summed E-state index contributed by atoms with van der Waals surface area (Å²) in [5.41, 5.74) is 1.58. The van der Waals surface area contributed by atoms with Crippen molar-refractivity contribution in [1.29, 1.82) is 0 Å². The first-order chi connectivity index (χ1) is 9.14. The fourth-order valence-corrected chi connectivity index (χ4v) is 5.70. The second kappa shape index (κ2) is 4.06. The van der Waals surface area contributed by atoms with Gasteiger partial charge in [0, 0.05) is 23.9 Å². The van der Waals surface area contributed by atoms with Gasteiger partial charge in [0.25, 0.3) is 0 Å². The van der Waals surface area contributed by atoms with Gasteiger partial charge < -0.3 is 10.2 Å². The standard InChI is InChI=1S/C16H25NO2/c1-10-9-16-12-4-2-6-17(16)7-3-5-13(16)14(18)8-11(12)15(10)19/h4,10-11,13-15,18-19H,2-3,5-9H2,1H3. The summed E-state index contributed by atoms with van der Waals surface area (Å²) in [6.07, 6.45) is 7.25. The van der Waals surface area contributed by atoms with E-state index in [1.54, 1.807) is 0 Å². The zero-order chi connectivity index (χ0) is 13.2. The summed E-state index contributed by atoms with van der Waals surface area (Å²) in [6, 6.07) is 0. The van der Waals surface area contributed by atoms with Gasteiger partial charge in [0.2, 0.25) is 0 Å². The number of aliphatic hydroxyl groups is 2. The second-order valence-corrected chi connectivity index (χ2v) is 7.19. The Bertz CT molecular complexity index is 421. The Balaban J connectivity index is 1.87. The van der Waals surface area contributed by atoms with Gasteiger partial charge in [-0.1, -0.05) is 13.0 Å². The third kappa shape index (κ3) is 1.44. The maximum absolute atomic E-state index is 10.6. The molecule has 1 saturated heterocycles. The van der Waals surface area contributed by atoms with E-state index in [0.717, 1.165) is 32.2 Å². The lowest BCUT2D eigenvalue weighted by Gasteiger charge is -2.65. The number of hydrogen-bond donors (Lipinski definition) is 2. The van der Waals surface area contributed by atoms with Crippen LogP contribution in [0.3, 0.4) is 0 Å². The fraction of sp³-hybridized carbons (Fsp3) is 0.875. The first-order valence-corrected chi connectivity index (χ1v) is 7.96. The van der Waals surface area contributed by atoms with Crippen molar-refractivity contribution in [3.8, 4) is 0 Å². The Morgan fingerprint density at radius 2 is 2.16 bits per heavy atom. The third-order valence-electron chi connectivity index (χ3n) is 6.37. The molecule has 2 aliphatic heterocycles. The van der Waals surface area contributed by atoms with Crippen LogP contribution in [-0.4, -0.2) is 45.9 Å². The Labute approximate surface area is 115 Å². The van der Waals surface area contributed by atoms with Crippen molar-refractivity contribution < 1.29 is 10.2 Å². The molecule has 0 amide bonds. The molecule has 0 aromatic rings. The second-order valence-electron chi connectivity index (χ2n) is 7.19. The zero-order valence-electron chi connectivity index (χ0n) is 11.8. The molecule has 2 saturated carbocycles. The highest BCUT2D eigenvalue weighted by molar-refractivity contribution is 5.36. The Hall–Kier alpha value is -0.380. The fourth-order valence-electron chi connectivity index (χ4n) is 5.70. The van der Waals surface area contributed by atoms with Crippen LogP contribution in [0, 0.1) is 17.8 Å². The van der Waals surface area contributed by atoms with E-state index in [2.05, 4.69) is 17.9 Å². The molecule has 19 heavy (non-hydrogen) atoms. The van der Waals surface area contributed by atoms with Crippen molar-refractivity contribution in [2.75, 3.05) is 13.1 Å². The largest absolute Gasteiger partial charge is 0.393 e. The molecule has 4 aliphatic rings. The van der Waals surface area contributed by atoms with E-state index in [4.69, 9.17) is 0 Å². The van der Waals surface area contributed by atoms with E-state index in [9.17, 15) is 10.2 Å². The van der Waals surface area contributed by atoms with E-state index in [-0.39, 0.29) is 23.7 Å². The van der Waals surface area contributed by atoms with Crippen molar-refractivity contribution in [3.63, 3.8) is 0 Å². The predicted octanol–water partition coefficient (Wildman–Crippen LogP) is 1.55. The normalized spacial score (nSPS) is 53.4. The molecule has 106 valence electrons. The number of hydrogen-bond acceptors (Lipinski definition) is 3. The minimum absolute atomic E-state index is 0.0947. The van der Waals surface area contributed by atoms with Crippen LogP contribution >= 0.6 is 0 Å². The maximum Gasteiger partial charge on any atom is 0.0633 e. The summed E-state index contributed by atoms with van der Waals surface area (Å²) >= 11 is 0. The summed E-state index contributed by atoms with van der Waals surface area (Å²) in [5.74, 6) is 0.964. The van der Waals surface area contributed by atoms with Crippen LogP contribution in [0.25, 0.3) is 0 Å². The van der Waals surface area contributed by atoms with Gasteiger partial charge in [-0.3, -0.25) is 4.90 Å². The highest BCUT2D eigenvalue weighted by Crippen LogP contribution is 2.58. The van der Waals surface area contributed by atoms with Crippen molar-refractivity contribution in [2.45, 2.75) is 56.8 Å². The van der Waals surface area contributed by atoms with E-state index in [1.807, 2.05) is 0 Å². The molecule has 2 bridgehead atoms. The highest BCUT2D eigenvalue weighted by atomic mass is 16.3. The molecule has 4 rings (SSSR count). The lowest BCUT2D eigenvalue weighted by atomic mass is 9.51. The maximum atomic E-state index is 10.6. The van der Waals surface area contributed by atoms with Gasteiger partial charge in [0.15, 0.2) is 0 Å². The van der Waals surface area contributed by atoms with Gasteiger partial charge in [-0.2, -0.15) is 0 Å². The predicted molar refractivity (Wildman–Crippen MR) is 73.6 cm³/mol. The van der Waals surface area contributed by atoms with E-state index in [0.29, 0.717) is 11.8 Å². The van der Waals surface area contributed by atoms with Gasteiger partial charge in [-0.25, -0.2) is 0 Å². The lowest BCUT2D eigenvalue weighted by molar-refractivity contribution is -0.138.